The van der Waals surface area contributed by atoms with E-state index in [0.717, 1.165) is 5.56 Å². The summed E-state index contributed by atoms with van der Waals surface area (Å²) in [4.78, 5) is 26.1. The molecule has 0 radical (unpaired) electrons. The van der Waals surface area contributed by atoms with Crippen molar-refractivity contribution < 1.29 is 33.4 Å². The number of benzene rings is 2. The number of carbonyl (C=O) groups excluding carboxylic acids is 2. The van der Waals surface area contributed by atoms with Gasteiger partial charge in [-0.05, 0) is 54.1 Å². The number of hydrogen-bond donors (Lipinski definition) is 2. The summed E-state index contributed by atoms with van der Waals surface area (Å²) in [6.45, 7) is 1.83. The van der Waals surface area contributed by atoms with Gasteiger partial charge in [0.15, 0.2) is 5.76 Å². The second-order valence-electron chi connectivity index (χ2n) is 6.96. The molecular formula is C24H26N2O7. The van der Waals surface area contributed by atoms with Crippen LogP contribution in [0.5, 0.6) is 5.75 Å². The van der Waals surface area contributed by atoms with E-state index in [1.807, 2.05) is 24.3 Å². The predicted molar refractivity (Wildman–Crippen MR) is 120 cm³/mol. The van der Waals surface area contributed by atoms with Crippen LogP contribution in [0.4, 0.5) is 5.69 Å². The number of nitrogens with one attached hydrogen (secondary N) is 1. The quantitative estimate of drug-likeness (QED) is 0.245. The molecule has 1 aromatic heterocycles. The maximum absolute atomic E-state index is 13.1. The Morgan fingerprint density at radius 1 is 1.03 bits per heavy atom. The van der Waals surface area contributed by atoms with E-state index in [1.54, 1.807) is 41.8 Å². The van der Waals surface area contributed by atoms with Crippen molar-refractivity contribution in [2.75, 3.05) is 38.4 Å². The highest BCUT2D eigenvalue weighted by atomic mass is 16.5. The highest BCUT2D eigenvalue weighted by Gasteiger charge is 2.20. The first-order valence-electron chi connectivity index (χ1n) is 10.3. The number of furan rings is 1. The Labute approximate surface area is 191 Å². The number of ether oxygens (including phenoxy) is 3. The van der Waals surface area contributed by atoms with Crippen molar-refractivity contribution in [2.45, 2.75) is 6.61 Å². The fourth-order valence-corrected chi connectivity index (χ4v) is 3.05. The average Bonchev–Trinajstić information content (AvgIpc) is 3.39. The van der Waals surface area contributed by atoms with Crippen LogP contribution in [0.3, 0.4) is 0 Å². The SMILES string of the molecule is COCCOCc1cccc(N(CCOc2ccc(C(=O)NO)cc2)C(=O)c2ccco2)c1. The highest BCUT2D eigenvalue weighted by Crippen LogP contribution is 2.20. The molecule has 0 spiro atoms. The molecule has 0 aliphatic rings. The Morgan fingerprint density at radius 3 is 2.55 bits per heavy atom. The molecule has 9 heteroatoms. The largest absolute Gasteiger partial charge is 0.492 e. The van der Waals surface area contributed by atoms with Gasteiger partial charge in [-0.15, -0.1) is 0 Å². The molecule has 33 heavy (non-hydrogen) atoms. The molecule has 0 atom stereocenters. The standard InChI is InChI=1S/C24H26N2O7/c1-30-14-15-31-17-18-4-2-5-20(16-18)26(24(28)22-6-3-12-33-22)11-13-32-21-9-7-19(8-10-21)23(27)25-29/h2-10,12,16,29H,11,13-15,17H2,1H3,(H,25,27). The molecule has 2 N–H and O–H groups in total. The summed E-state index contributed by atoms with van der Waals surface area (Å²) >= 11 is 0. The molecule has 9 nitrogen and oxygen atoms in total. The zero-order valence-corrected chi connectivity index (χ0v) is 18.2. The Kier molecular flexibility index (Phi) is 9.01. The molecular weight excluding hydrogens is 428 g/mol. The van der Waals surface area contributed by atoms with Crippen molar-refractivity contribution in [1.82, 2.24) is 5.48 Å². The van der Waals surface area contributed by atoms with E-state index in [2.05, 4.69) is 0 Å². The van der Waals surface area contributed by atoms with E-state index in [0.29, 0.717) is 36.8 Å². The first-order chi connectivity index (χ1) is 16.1. The smallest absolute Gasteiger partial charge is 0.294 e. The van der Waals surface area contributed by atoms with Gasteiger partial charge in [-0.25, -0.2) is 5.48 Å². The second kappa shape index (κ2) is 12.4. The van der Waals surface area contributed by atoms with Gasteiger partial charge in [0.2, 0.25) is 0 Å². The van der Waals surface area contributed by atoms with Crippen molar-refractivity contribution >= 4 is 17.5 Å². The maximum Gasteiger partial charge on any atom is 0.294 e. The summed E-state index contributed by atoms with van der Waals surface area (Å²) in [6, 6.07) is 17.1. The summed E-state index contributed by atoms with van der Waals surface area (Å²) in [6.07, 6.45) is 1.45. The van der Waals surface area contributed by atoms with Gasteiger partial charge in [-0.2, -0.15) is 0 Å². The van der Waals surface area contributed by atoms with Gasteiger partial charge < -0.3 is 23.5 Å². The van der Waals surface area contributed by atoms with Crippen LogP contribution in [0.25, 0.3) is 0 Å². The summed E-state index contributed by atoms with van der Waals surface area (Å²) in [5.41, 5.74) is 3.47. The van der Waals surface area contributed by atoms with E-state index < -0.39 is 5.91 Å². The number of hydrogen-bond acceptors (Lipinski definition) is 7. The third kappa shape index (κ3) is 6.91. The van der Waals surface area contributed by atoms with Gasteiger partial charge in [0.25, 0.3) is 11.8 Å². The topological polar surface area (TPSA) is 110 Å². The lowest BCUT2D eigenvalue weighted by molar-refractivity contribution is 0.0617. The van der Waals surface area contributed by atoms with Gasteiger partial charge in [0.1, 0.15) is 12.4 Å². The summed E-state index contributed by atoms with van der Waals surface area (Å²) < 4.78 is 21.6. The molecule has 0 fully saturated rings. The minimum absolute atomic E-state index is 0.201. The fraction of sp³-hybridized carbons (Fsp3) is 0.250. The number of hydroxylamine groups is 1. The molecule has 1 heterocycles. The van der Waals surface area contributed by atoms with Crippen LogP contribution in [-0.2, 0) is 16.1 Å². The molecule has 174 valence electrons. The van der Waals surface area contributed by atoms with Crippen LogP contribution in [0.2, 0.25) is 0 Å². The molecule has 0 saturated carbocycles. The van der Waals surface area contributed by atoms with E-state index in [4.69, 9.17) is 23.8 Å². The molecule has 2 aromatic carbocycles. The molecule has 0 unspecified atom stereocenters. The van der Waals surface area contributed by atoms with Crippen LogP contribution in [0.1, 0.15) is 26.5 Å². The van der Waals surface area contributed by atoms with E-state index in [1.165, 1.54) is 18.4 Å². The van der Waals surface area contributed by atoms with Crippen molar-refractivity contribution in [3.8, 4) is 5.75 Å². The zero-order chi connectivity index (χ0) is 23.5. The molecule has 0 saturated heterocycles. The van der Waals surface area contributed by atoms with Crippen LogP contribution in [0, 0.1) is 0 Å². The Bertz CT molecular complexity index is 1020. The fourth-order valence-electron chi connectivity index (χ4n) is 3.05. The minimum atomic E-state index is -0.608. The Morgan fingerprint density at radius 2 is 1.85 bits per heavy atom. The molecule has 0 aliphatic carbocycles. The number of carbonyl (C=O) groups is 2. The molecule has 2 amide bonds. The second-order valence-corrected chi connectivity index (χ2v) is 6.96. The van der Waals surface area contributed by atoms with Gasteiger partial charge in [0, 0.05) is 18.4 Å². The lowest BCUT2D eigenvalue weighted by Gasteiger charge is -2.22. The highest BCUT2D eigenvalue weighted by molar-refractivity contribution is 6.04. The molecule has 3 aromatic rings. The normalized spacial score (nSPS) is 10.6. The number of anilines is 1. The van der Waals surface area contributed by atoms with Crippen molar-refractivity contribution in [3.05, 3.63) is 83.8 Å². The first kappa shape index (κ1) is 24.0. The number of amides is 2. The van der Waals surface area contributed by atoms with Crippen molar-refractivity contribution in [1.29, 1.82) is 0 Å². The van der Waals surface area contributed by atoms with E-state index in [-0.39, 0.29) is 24.8 Å². The summed E-state index contributed by atoms with van der Waals surface area (Å²) in [7, 11) is 1.62. The third-order valence-electron chi connectivity index (χ3n) is 4.70. The van der Waals surface area contributed by atoms with Gasteiger partial charge in [-0.3, -0.25) is 14.8 Å². The van der Waals surface area contributed by atoms with Crippen LogP contribution < -0.4 is 15.1 Å². The number of methoxy groups -OCH3 is 1. The Balaban J connectivity index is 1.69. The van der Waals surface area contributed by atoms with E-state index >= 15 is 0 Å². The van der Waals surface area contributed by atoms with Gasteiger partial charge in [-0.1, -0.05) is 12.1 Å². The summed E-state index contributed by atoms with van der Waals surface area (Å²) in [5, 5.41) is 8.70. The predicted octanol–water partition coefficient (Wildman–Crippen LogP) is 3.29. The minimum Gasteiger partial charge on any atom is -0.492 e. The first-order valence-corrected chi connectivity index (χ1v) is 10.3. The number of nitrogens with zero attached hydrogens (tertiary/aromatic N) is 1. The Hall–Kier alpha value is -3.66. The monoisotopic (exact) mass is 454 g/mol. The lowest BCUT2D eigenvalue weighted by atomic mass is 10.2. The van der Waals surface area contributed by atoms with Crippen LogP contribution in [-0.4, -0.2) is 50.5 Å². The zero-order valence-electron chi connectivity index (χ0n) is 18.2. The van der Waals surface area contributed by atoms with E-state index in [9.17, 15) is 9.59 Å². The lowest BCUT2D eigenvalue weighted by Crippen LogP contribution is -2.34. The maximum atomic E-state index is 13.1. The van der Waals surface area contributed by atoms with Gasteiger partial charge in [0.05, 0.1) is 32.6 Å². The third-order valence-corrected chi connectivity index (χ3v) is 4.70. The van der Waals surface area contributed by atoms with Crippen molar-refractivity contribution in [3.63, 3.8) is 0 Å². The van der Waals surface area contributed by atoms with Crippen LogP contribution >= 0.6 is 0 Å². The van der Waals surface area contributed by atoms with Crippen LogP contribution in [0.15, 0.2) is 71.3 Å². The van der Waals surface area contributed by atoms with Crippen molar-refractivity contribution in [2.24, 2.45) is 0 Å². The number of rotatable bonds is 12. The van der Waals surface area contributed by atoms with Gasteiger partial charge >= 0.3 is 0 Å². The molecule has 0 aliphatic heterocycles. The summed E-state index contributed by atoms with van der Waals surface area (Å²) in [5.74, 6) is -0.162. The average molecular weight is 454 g/mol. The molecule has 3 rings (SSSR count). The molecule has 0 bridgehead atoms.